The van der Waals surface area contributed by atoms with Crippen molar-refractivity contribution in [1.29, 1.82) is 0 Å². The lowest BCUT2D eigenvalue weighted by Crippen LogP contribution is -2.33. The number of benzene rings is 1. The second kappa shape index (κ2) is 8.79. The van der Waals surface area contributed by atoms with E-state index in [2.05, 4.69) is 19.5 Å². The van der Waals surface area contributed by atoms with Crippen LogP contribution < -0.4 is 11.5 Å². The number of hydrogen-bond acceptors (Lipinski definition) is 13. The number of imidazole rings is 1. The van der Waals surface area contributed by atoms with E-state index in [0.29, 0.717) is 5.56 Å². The Hall–Kier alpha value is -3.33. The van der Waals surface area contributed by atoms with E-state index < -0.39 is 44.9 Å². The monoisotopic (exact) mass is 496 g/mol. The molecule has 1 aromatic carbocycles. The molecule has 4 rings (SSSR count). The minimum atomic E-state index is -5.00. The van der Waals surface area contributed by atoms with Crippen LogP contribution in [0.1, 0.15) is 22.1 Å². The SMILES string of the molecule is Cc1ccc(C(=O)OP(=O)(O)OC[C@H]2O[C@@H](n3cnc4c(N)ncnc43)[C@H](O)[C@@H]2O)c(N)c1O. The van der Waals surface area contributed by atoms with Gasteiger partial charge in [0.1, 0.15) is 35.9 Å². The summed E-state index contributed by atoms with van der Waals surface area (Å²) in [6, 6.07) is 2.58. The average molecular weight is 496 g/mol. The summed E-state index contributed by atoms with van der Waals surface area (Å²) in [5.74, 6) is -1.58. The standard InChI is InChI=1S/C18H21N6O9P/c1-7-2-3-8(10(19)12(7)25)18(28)33-34(29,30)31-4-9-13(26)14(27)17(32-9)24-6-23-11-15(20)21-5-22-16(11)24/h2-3,5-6,9,13-14,17,25-27H,4,19H2,1H3,(H,29,30)(H2,20,21,22)/t9-,13-,14-,17-/m1/s1. The number of phosphoric ester groups is 1. The molecule has 1 aliphatic rings. The number of hydrogen-bond donors (Lipinski definition) is 6. The van der Waals surface area contributed by atoms with Crippen molar-refractivity contribution in [2.45, 2.75) is 31.5 Å². The van der Waals surface area contributed by atoms with Crippen molar-refractivity contribution in [3.8, 4) is 5.75 Å². The van der Waals surface area contributed by atoms with Gasteiger partial charge in [0.25, 0.3) is 0 Å². The number of rotatable bonds is 6. The predicted octanol–water partition coefficient (Wildman–Crippen LogP) is -0.402. The third-order valence-corrected chi connectivity index (χ3v) is 6.11. The zero-order chi connectivity index (χ0) is 24.8. The Labute approximate surface area is 191 Å². The maximum atomic E-state index is 12.3. The van der Waals surface area contributed by atoms with Gasteiger partial charge in [0, 0.05) is 0 Å². The summed E-state index contributed by atoms with van der Waals surface area (Å²) < 4.78 is 28.5. The molecule has 3 aromatic rings. The smallest absolute Gasteiger partial charge is 0.505 e. The van der Waals surface area contributed by atoms with Crippen molar-refractivity contribution in [1.82, 2.24) is 19.5 Å². The highest BCUT2D eigenvalue weighted by Gasteiger charge is 2.45. The molecule has 0 spiro atoms. The highest BCUT2D eigenvalue weighted by Crippen LogP contribution is 2.46. The molecule has 15 nitrogen and oxygen atoms in total. The first-order chi connectivity index (χ1) is 16.0. The maximum absolute atomic E-state index is 12.3. The number of aliphatic hydroxyl groups excluding tert-OH is 2. The second-order valence-electron chi connectivity index (χ2n) is 7.46. The number of nitrogen functional groups attached to an aromatic ring is 2. The maximum Gasteiger partial charge on any atom is 0.529 e. The first kappa shape index (κ1) is 23.8. The number of nitrogens with zero attached hydrogens (tertiary/aromatic N) is 4. The summed E-state index contributed by atoms with van der Waals surface area (Å²) in [6.45, 7) is 0.818. The van der Waals surface area contributed by atoms with Crippen LogP contribution in [0.25, 0.3) is 11.2 Å². The molecule has 8 N–H and O–H groups in total. The number of aromatic nitrogens is 4. The van der Waals surface area contributed by atoms with E-state index in [0.717, 1.165) is 0 Å². The summed E-state index contributed by atoms with van der Waals surface area (Å²) in [7, 11) is -5.00. The van der Waals surface area contributed by atoms with Crippen molar-refractivity contribution in [2.75, 3.05) is 18.1 Å². The number of anilines is 2. The van der Waals surface area contributed by atoms with Gasteiger partial charge in [-0.1, -0.05) is 6.07 Å². The highest BCUT2D eigenvalue weighted by molar-refractivity contribution is 7.48. The molecule has 1 aliphatic heterocycles. The van der Waals surface area contributed by atoms with Gasteiger partial charge in [0.05, 0.1) is 24.2 Å². The van der Waals surface area contributed by atoms with Gasteiger partial charge in [-0.25, -0.2) is 24.3 Å². The molecule has 1 fully saturated rings. The molecule has 5 atom stereocenters. The van der Waals surface area contributed by atoms with Crippen molar-refractivity contribution in [3.63, 3.8) is 0 Å². The van der Waals surface area contributed by atoms with Crippen LogP contribution in [0.5, 0.6) is 5.75 Å². The van der Waals surface area contributed by atoms with Crippen LogP contribution in [0.2, 0.25) is 0 Å². The van der Waals surface area contributed by atoms with Crippen molar-refractivity contribution >= 4 is 36.5 Å². The van der Waals surface area contributed by atoms with Crippen LogP contribution in [-0.4, -0.2) is 70.6 Å². The number of ether oxygens (including phenoxy) is 1. The van der Waals surface area contributed by atoms with Crippen LogP contribution in [0.4, 0.5) is 11.5 Å². The number of aliphatic hydroxyl groups is 2. The predicted molar refractivity (Wildman–Crippen MR) is 114 cm³/mol. The van der Waals surface area contributed by atoms with Gasteiger partial charge in [-0.2, -0.15) is 0 Å². The summed E-state index contributed by atoms with van der Waals surface area (Å²) in [6.07, 6.45) is -3.03. The molecule has 34 heavy (non-hydrogen) atoms. The fraction of sp³-hybridized carbons (Fsp3) is 0.333. The number of nitrogens with two attached hydrogens (primary N) is 2. The van der Waals surface area contributed by atoms with E-state index in [1.165, 1.54) is 29.4 Å². The van der Waals surface area contributed by atoms with Gasteiger partial charge in [0.15, 0.2) is 17.7 Å². The average Bonchev–Trinajstić information content (AvgIpc) is 3.32. The second-order valence-corrected chi connectivity index (χ2v) is 8.84. The third-order valence-electron chi connectivity index (χ3n) is 5.24. The number of aromatic hydroxyl groups is 1. The molecule has 0 saturated carbocycles. The number of carbonyl (C=O) groups excluding carboxylic acids is 1. The van der Waals surface area contributed by atoms with Crippen molar-refractivity contribution < 1.29 is 43.4 Å². The van der Waals surface area contributed by atoms with Crippen LogP contribution in [0, 0.1) is 6.92 Å². The van der Waals surface area contributed by atoms with E-state index in [1.807, 2.05) is 0 Å². The van der Waals surface area contributed by atoms with E-state index in [4.69, 9.17) is 20.7 Å². The molecule has 0 amide bonds. The number of carbonyl (C=O) groups is 1. The summed E-state index contributed by atoms with van der Waals surface area (Å²) in [4.78, 5) is 34.1. The normalized spacial score (nSPS) is 24.2. The van der Waals surface area contributed by atoms with Gasteiger partial charge >= 0.3 is 13.8 Å². The molecule has 182 valence electrons. The highest BCUT2D eigenvalue weighted by atomic mass is 31.2. The van der Waals surface area contributed by atoms with Crippen LogP contribution in [0.3, 0.4) is 0 Å². The Balaban J connectivity index is 1.44. The zero-order valence-electron chi connectivity index (χ0n) is 17.5. The van der Waals surface area contributed by atoms with Crippen LogP contribution in [0.15, 0.2) is 24.8 Å². The van der Waals surface area contributed by atoms with Crippen LogP contribution in [-0.2, 0) is 18.3 Å². The topological polar surface area (TPSA) is 238 Å². The molecular weight excluding hydrogens is 475 g/mol. The minimum absolute atomic E-state index is 0.0993. The fourth-order valence-corrected chi connectivity index (χ4v) is 4.09. The Bertz CT molecular complexity index is 1300. The number of phenols is 1. The Morgan fingerprint density at radius 3 is 2.71 bits per heavy atom. The Kier molecular flexibility index (Phi) is 6.16. The van der Waals surface area contributed by atoms with E-state index in [1.54, 1.807) is 6.92 Å². The minimum Gasteiger partial charge on any atom is -0.505 e. The van der Waals surface area contributed by atoms with Gasteiger partial charge in [-0.05, 0) is 18.6 Å². The Morgan fingerprint density at radius 2 is 1.97 bits per heavy atom. The number of fused-ring (bicyclic) bond motifs is 1. The summed E-state index contributed by atoms with van der Waals surface area (Å²) >= 11 is 0. The molecule has 0 aliphatic carbocycles. The number of phosphoric acid groups is 1. The number of aryl methyl sites for hydroxylation is 1. The van der Waals surface area contributed by atoms with E-state index >= 15 is 0 Å². The van der Waals surface area contributed by atoms with Gasteiger partial charge in [0.2, 0.25) is 0 Å². The van der Waals surface area contributed by atoms with Crippen molar-refractivity contribution in [2.24, 2.45) is 0 Å². The molecule has 0 radical (unpaired) electrons. The first-order valence-electron chi connectivity index (χ1n) is 9.74. The van der Waals surface area contributed by atoms with E-state index in [-0.39, 0.29) is 34.0 Å². The fourth-order valence-electron chi connectivity index (χ4n) is 3.40. The molecule has 1 unspecified atom stereocenters. The lowest BCUT2D eigenvalue weighted by molar-refractivity contribution is -0.0508. The van der Waals surface area contributed by atoms with Gasteiger partial charge in [-0.15, -0.1) is 0 Å². The molecule has 2 aromatic heterocycles. The summed E-state index contributed by atoms with van der Waals surface area (Å²) in [5, 5.41) is 30.6. The van der Waals surface area contributed by atoms with E-state index in [9.17, 15) is 29.6 Å². The Morgan fingerprint density at radius 1 is 1.24 bits per heavy atom. The van der Waals surface area contributed by atoms with Gasteiger partial charge in [-0.3, -0.25) is 14.0 Å². The molecule has 3 heterocycles. The molecule has 0 bridgehead atoms. The molecule has 16 heteroatoms. The van der Waals surface area contributed by atoms with Crippen molar-refractivity contribution in [3.05, 3.63) is 35.9 Å². The first-order valence-corrected chi connectivity index (χ1v) is 11.2. The summed E-state index contributed by atoms with van der Waals surface area (Å²) in [5.41, 5.74) is 11.6. The van der Waals surface area contributed by atoms with Crippen LogP contribution >= 0.6 is 7.82 Å². The zero-order valence-corrected chi connectivity index (χ0v) is 18.4. The lowest BCUT2D eigenvalue weighted by atomic mass is 10.1. The lowest BCUT2D eigenvalue weighted by Gasteiger charge is -2.18. The number of phenolic OH excluding ortho intramolecular Hbond substituents is 1. The quantitative estimate of drug-likeness (QED) is 0.145. The largest absolute Gasteiger partial charge is 0.529 e. The molecule has 1 saturated heterocycles. The third kappa shape index (κ3) is 4.27. The molecular formula is C18H21N6O9P. The van der Waals surface area contributed by atoms with Gasteiger partial charge < -0.3 is 36.0 Å².